The first kappa shape index (κ1) is 21.1. The number of carbonyl (C=O) groups excluding carboxylic acids is 1. The lowest BCUT2D eigenvalue weighted by atomic mass is 9.83. The molecule has 26 heavy (non-hydrogen) atoms. The van der Waals surface area contributed by atoms with Crippen LogP contribution in [0.25, 0.3) is 0 Å². The summed E-state index contributed by atoms with van der Waals surface area (Å²) in [4.78, 5) is 12.3. The Hall–Kier alpha value is -1.20. The number of aliphatic hydroxyl groups excluding tert-OH is 1. The molecule has 1 fully saturated rings. The van der Waals surface area contributed by atoms with Crippen molar-refractivity contribution >= 4 is 18.7 Å². The number of hydrogen-bond donors (Lipinski definition) is 3. The van der Waals surface area contributed by atoms with Crippen molar-refractivity contribution in [2.24, 2.45) is 5.92 Å². The number of aliphatic hydroxyl groups is 1. The second kappa shape index (κ2) is 9.65. The van der Waals surface area contributed by atoms with E-state index in [9.17, 15) is 9.90 Å². The molecular weight excluding hydrogens is 346 g/mol. The van der Waals surface area contributed by atoms with Crippen LogP contribution < -0.4 is 5.32 Å². The Morgan fingerprint density at radius 3 is 2.42 bits per heavy atom. The van der Waals surface area contributed by atoms with Gasteiger partial charge in [0.2, 0.25) is 0 Å². The highest BCUT2D eigenvalue weighted by Gasteiger charge is 2.33. The van der Waals surface area contributed by atoms with Crippen LogP contribution in [0.3, 0.4) is 0 Å². The third-order valence-electron chi connectivity index (χ3n) is 4.90. The van der Waals surface area contributed by atoms with Gasteiger partial charge in [-0.05, 0) is 51.5 Å². The van der Waals surface area contributed by atoms with Crippen LogP contribution >= 0.6 is 12.6 Å². The molecule has 0 saturated heterocycles. The SMILES string of the molecule is CC(C)(C)OC(=O)NC(Cc1ccccc1)C(O)C(S)C1CCCCC1. The molecule has 3 atom stereocenters. The standard InChI is InChI=1S/C21H33NO3S/c1-21(2,3)25-20(24)22-17(14-15-10-6-4-7-11-15)18(23)19(26)16-12-8-5-9-13-16/h4,6-7,10-11,16-19,23,26H,5,8-9,12-14H2,1-3H3,(H,22,24). The highest BCUT2D eigenvalue weighted by atomic mass is 32.1. The van der Waals surface area contributed by atoms with Gasteiger partial charge < -0.3 is 15.2 Å². The summed E-state index contributed by atoms with van der Waals surface area (Å²) in [6.45, 7) is 5.50. The molecule has 1 aliphatic carbocycles. The van der Waals surface area contributed by atoms with E-state index in [1.54, 1.807) is 0 Å². The van der Waals surface area contributed by atoms with Crippen LogP contribution in [0, 0.1) is 5.92 Å². The summed E-state index contributed by atoms with van der Waals surface area (Å²) >= 11 is 4.74. The van der Waals surface area contributed by atoms with Gasteiger partial charge in [-0.15, -0.1) is 0 Å². The van der Waals surface area contributed by atoms with Crippen LogP contribution in [-0.2, 0) is 11.2 Å². The molecule has 0 aromatic heterocycles. The molecular formula is C21H33NO3S. The summed E-state index contributed by atoms with van der Waals surface area (Å²) in [5.74, 6) is 0.390. The maximum atomic E-state index is 12.3. The van der Waals surface area contributed by atoms with Gasteiger partial charge in [0.05, 0.1) is 12.1 Å². The fourth-order valence-corrected chi connectivity index (χ4v) is 4.08. The van der Waals surface area contributed by atoms with Crippen molar-refractivity contribution in [3.63, 3.8) is 0 Å². The lowest BCUT2D eigenvalue weighted by molar-refractivity contribution is 0.0395. The number of rotatable bonds is 6. The molecule has 0 heterocycles. The zero-order valence-corrected chi connectivity index (χ0v) is 17.0. The fourth-order valence-electron chi connectivity index (χ4n) is 3.58. The summed E-state index contributed by atoms with van der Waals surface area (Å²) in [6.07, 6.45) is 5.15. The van der Waals surface area contributed by atoms with E-state index in [1.807, 2.05) is 51.1 Å². The Morgan fingerprint density at radius 1 is 1.23 bits per heavy atom. The Morgan fingerprint density at radius 2 is 1.85 bits per heavy atom. The van der Waals surface area contributed by atoms with Gasteiger partial charge in [0.15, 0.2) is 0 Å². The maximum absolute atomic E-state index is 12.3. The lowest BCUT2D eigenvalue weighted by Gasteiger charge is -2.35. The van der Waals surface area contributed by atoms with Crippen LogP contribution in [0.1, 0.15) is 58.4 Å². The monoisotopic (exact) mass is 379 g/mol. The molecule has 4 nitrogen and oxygen atoms in total. The predicted octanol–water partition coefficient (Wildman–Crippen LogP) is 4.36. The molecule has 0 spiro atoms. The summed E-state index contributed by atoms with van der Waals surface area (Å²) in [5.41, 5.74) is 0.493. The molecule has 2 N–H and O–H groups in total. The van der Waals surface area contributed by atoms with Gasteiger partial charge in [-0.25, -0.2) is 4.79 Å². The highest BCUT2D eigenvalue weighted by Crippen LogP contribution is 2.31. The Bertz CT molecular complexity index is 552. The molecule has 0 aliphatic heterocycles. The summed E-state index contributed by atoms with van der Waals surface area (Å²) in [6, 6.07) is 9.46. The van der Waals surface area contributed by atoms with Gasteiger partial charge in [-0.3, -0.25) is 0 Å². The van der Waals surface area contributed by atoms with E-state index < -0.39 is 23.8 Å². The number of hydrogen-bond acceptors (Lipinski definition) is 4. The van der Waals surface area contributed by atoms with E-state index >= 15 is 0 Å². The Labute approximate surface area is 163 Å². The Balaban J connectivity index is 2.08. The first-order chi connectivity index (χ1) is 12.3. The van der Waals surface area contributed by atoms with Crippen molar-refractivity contribution in [3.05, 3.63) is 35.9 Å². The number of ether oxygens (including phenoxy) is 1. The Kier molecular flexibility index (Phi) is 7.84. The smallest absolute Gasteiger partial charge is 0.407 e. The number of alkyl carbamates (subject to hydrolysis) is 1. The lowest BCUT2D eigenvalue weighted by Crippen LogP contribution is -2.51. The average Bonchev–Trinajstić information content (AvgIpc) is 2.60. The number of amides is 1. The number of benzene rings is 1. The van der Waals surface area contributed by atoms with Crippen LogP contribution in [0.4, 0.5) is 4.79 Å². The highest BCUT2D eigenvalue weighted by molar-refractivity contribution is 7.81. The molecule has 3 unspecified atom stereocenters. The minimum atomic E-state index is -0.728. The van der Waals surface area contributed by atoms with Gasteiger partial charge in [0, 0.05) is 5.25 Å². The molecule has 1 aromatic carbocycles. The van der Waals surface area contributed by atoms with Crippen molar-refractivity contribution in [1.82, 2.24) is 5.32 Å². The predicted molar refractivity (Wildman–Crippen MR) is 109 cm³/mol. The van der Waals surface area contributed by atoms with Gasteiger partial charge in [0.25, 0.3) is 0 Å². The van der Waals surface area contributed by atoms with Gasteiger partial charge in [-0.1, -0.05) is 49.6 Å². The summed E-state index contributed by atoms with van der Waals surface area (Å²) in [7, 11) is 0. The van der Waals surface area contributed by atoms with E-state index in [2.05, 4.69) is 5.32 Å². The first-order valence-corrected chi connectivity index (χ1v) is 10.2. The second-order valence-electron chi connectivity index (χ2n) is 8.32. The minimum Gasteiger partial charge on any atom is -0.444 e. The molecule has 1 aromatic rings. The number of thiol groups is 1. The zero-order chi connectivity index (χ0) is 19.2. The first-order valence-electron chi connectivity index (χ1n) is 9.66. The van der Waals surface area contributed by atoms with E-state index in [1.165, 1.54) is 19.3 Å². The topological polar surface area (TPSA) is 58.6 Å². The third kappa shape index (κ3) is 6.84. The van der Waals surface area contributed by atoms with Crippen molar-refractivity contribution in [2.45, 2.75) is 82.3 Å². The summed E-state index contributed by atoms with van der Waals surface area (Å²) in [5, 5.41) is 13.7. The molecule has 1 aliphatic rings. The van der Waals surface area contributed by atoms with E-state index in [0.717, 1.165) is 18.4 Å². The fraction of sp³-hybridized carbons (Fsp3) is 0.667. The molecule has 1 amide bonds. The minimum absolute atomic E-state index is 0.154. The van der Waals surface area contributed by atoms with Gasteiger partial charge in [0.1, 0.15) is 5.60 Å². The van der Waals surface area contributed by atoms with Crippen molar-refractivity contribution in [1.29, 1.82) is 0 Å². The molecule has 1 saturated carbocycles. The quantitative estimate of drug-likeness (QED) is 0.644. The second-order valence-corrected chi connectivity index (χ2v) is 8.92. The van der Waals surface area contributed by atoms with Gasteiger partial charge in [-0.2, -0.15) is 12.6 Å². The molecule has 2 rings (SSSR count). The average molecular weight is 380 g/mol. The number of carbonyl (C=O) groups is 1. The van der Waals surface area contributed by atoms with E-state index in [-0.39, 0.29) is 5.25 Å². The molecule has 0 bridgehead atoms. The largest absolute Gasteiger partial charge is 0.444 e. The van der Waals surface area contributed by atoms with Crippen LogP contribution in [-0.4, -0.2) is 34.2 Å². The van der Waals surface area contributed by atoms with Crippen LogP contribution in [0.5, 0.6) is 0 Å². The summed E-state index contributed by atoms with van der Waals surface area (Å²) < 4.78 is 5.40. The van der Waals surface area contributed by atoms with Crippen molar-refractivity contribution in [3.8, 4) is 0 Å². The van der Waals surface area contributed by atoms with E-state index in [4.69, 9.17) is 17.4 Å². The number of nitrogens with one attached hydrogen (secondary N) is 1. The maximum Gasteiger partial charge on any atom is 0.407 e. The molecule has 5 heteroatoms. The van der Waals surface area contributed by atoms with Crippen LogP contribution in [0.2, 0.25) is 0 Å². The third-order valence-corrected chi connectivity index (χ3v) is 5.62. The molecule has 146 valence electrons. The van der Waals surface area contributed by atoms with E-state index in [0.29, 0.717) is 12.3 Å². The zero-order valence-electron chi connectivity index (χ0n) is 16.1. The molecule has 0 radical (unpaired) electrons. The van der Waals surface area contributed by atoms with Crippen molar-refractivity contribution in [2.75, 3.05) is 0 Å². The van der Waals surface area contributed by atoms with Gasteiger partial charge >= 0.3 is 6.09 Å². The van der Waals surface area contributed by atoms with Crippen LogP contribution in [0.15, 0.2) is 30.3 Å². The van der Waals surface area contributed by atoms with Crippen molar-refractivity contribution < 1.29 is 14.6 Å². The normalized spacial score (nSPS) is 19.4.